The number of carbonyl (C=O) groups is 1. The summed E-state index contributed by atoms with van der Waals surface area (Å²) in [4.78, 5) is 11.8. The van der Waals surface area contributed by atoms with E-state index in [2.05, 4.69) is 25.2 Å². The standard InChI is InChI=1S/C17H26N2O2/c1-10-9-11(13-14(18)17(13,5)6)7-8-12(10)19-15(20)21-16(2,3)4/h7-9,13-14H,18H2,1-6H3,(H,19,20)/t13-,14-/m0/s1. The van der Waals surface area contributed by atoms with Crippen LogP contribution in [0.5, 0.6) is 0 Å². The van der Waals surface area contributed by atoms with Crippen LogP contribution in [0.4, 0.5) is 10.5 Å². The van der Waals surface area contributed by atoms with Crippen molar-refractivity contribution in [3.8, 4) is 0 Å². The smallest absolute Gasteiger partial charge is 0.412 e. The molecule has 4 heteroatoms. The lowest BCUT2D eigenvalue weighted by atomic mass is 10.0. The summed E-state index contributed by atoms with van der Waals surface area (Å²) in [5, 5.41) is 2.79. The molecule has 0 heterocycles. The van der Waals surface area contributed by atoms with Crippen LogP contribution >= 0.6 is 0 Å². The molecule has 0 aliphatic heterocycles. The molecule has 0 aromatic heterocycles. The van der Waals surface area contributed by atoms with Gasteiger partial charge in [0.05, 0.1) is 0 Å². The Morgan fingerprint density at radius 1 is 1.33 bits per heavy atom. The lowest BCUT2D eigenvalue weighted by molar-refractivity contribution is 0.0636. The number of benzene rings is 1. The molecule has 1 fully saturated rings. The topological polar surface area (TPSA) is 64.3 Å². The molecule has 1 aromatic carbocycles. The minimum absolute atomic E-state index is 0.159. The molecule has 1 saturated carbocycles. The van der Waals surface area contributed by atoms with E-state index in [9.17, 15) is 4.79 Å². The summed E-state index contributed by atoms with van der Waals surface area (Å²) >= 11 is 0. The first kappa shape index (κ1) is 15.8. The van der Waals surface area contributed by atoms with Gasteiger partial charge in [-0.15, -0.1) is 0 Å². The summed E-state index contributed by atoms with van der Waals surface area (Å²) in [5.74, 6) is 0.395. The van der Waals surface area contributed by atoms with Crippen molar-refractivity contribution in [2.45, 2.75) is 59.1 Å². The number of hydrogen-bond acceptors (Lipinski definition) is 3. The van der Waals surface area contributed by atoms with Crippen molar-refractivity contribution in [3.05, 3.63) is 29.3 Å². The third-order valence-electron chi connectivity index (χ3n) is 4.16. The van der Waals surface area contributed by atoms with Crippen LogP contribution in [0.1, 0.15) is 51.7 Å². The minimum Gasteiger partial charge on any atom is -0.444 e. The number of nitrogens with two attached hydrogens (primary N) is 1. The van der Waals surface area contributed by atoms with Crippen LogP contribution in [-0.4, -0.2) is 17.7 Å². The fraction of sp³-hybridized carbons (Fsp3) is 0.588. The quantitative estimate of drug-likeness (QED) is 0.871. The maximum absolute atomic E-state index is 11.8. The molecule has 0 unspecified atom stereocenters. The van der Waals surface area contributed by atoms with E-state index in [1.165, 1.54) is 5.56 Å². The van der Waals surface area contributed by atoms with E-state index in [-0.39, 0.29) is 11.5 Å². The Labute approximate surface area is 127 Å². The largest absolute Gasteiger partial charge is 0.444 e. The molecule has 1 amide bonds. The fourth-order valence-corrected chi connectivity index (χ4v) is 2.75. The molecule has 1 aliphatic rings. The van der Waals surface area contributed by atoms with Crippen molar-refractivity contribution in [2.75, 3.05) is 5.32 Å². The zero-order valence-electron chi connectivity index (χ0n) is 13.8. The number of ether oxygens (including phenoxy) is 1. The number of rotatable bonds is 2. The minimum atomic E-state index is -0.497. The normalized spacial score (nSPS) is 23.6. The van der Waals surface area contributed by atoms with Gasteiger partial charge in [0.25, 0.3) is 0 Å². The third-order valence-corrected chi connectivity index (χ3v) is 4.16. The maximum Gasteiger partial charge on any atom is 0.412 e. The molecule has 1 aromatic rings. The zero-order chi connectivity index (χ0) is 16.0. The molecule has 3 N–H and O–H groups in total. The third kappa shape index (κ3) is 3.38. The molecule has 2 atom stereocenters. The van der Waals surface area contributed by atoms with Crippen LogP contribution in [-0.2, 0) is 4.74 Å². The van der Waals surface area contributed by atoms with Crippen LogP contribution < -0.4 is 11.1 Å². The molecular formula is C17H26N2O2. The summed E-state index contributed by atoms with van der Waals surface area (Å²) in [5.41, 5.74) is 8.82. The van der Waals surface area contributed by atoms with E-state index < -0.39 is 11.7 Å². The Kier molecular flexibility index (Phi) is 3.79. The average Bonchev–Trinajstić information content (AvgIpc) is 2.78. The first-order valence-electron chi connectivity index (χ1n) is 7.38. The van der Waals surface area contributed by atoms with E-state index in [4.69, 9.17) is 10.5 Å². The Hall–Kier alpha value is -1.55. The second-order valence-corrected chi connectivity index (χ2v) is 7.53. The molecule has 0 spiro atoms. The lowest BCUT2D eigenvalue weighted by Crippen LogP contribution is -2.27. The number of anilines is 1. The average molecular weight is 290 g/mol. The number of hydrogen-bond donors (Lipinski definition) is 2. The van der Waals surface area contributed by atoms with Crippen LogP contribution in [0.25, 0.3) is 0 Å². The summed E-state index contributed by atoms with van der Waals surface area (Å²) in [6, 6.07) is 6.28. The second kappa shape index (κ2) is 5.02. The van der Waals surface area contributed by atoms with Crippen LogP contribution in [0.3, 0.4) is 0 Å². The number of aryl methyl sites for hydroxylation is 1. The molecule has 21 heavy (non-hydrogen) atoms. The second-order valence-electron chi connectivity index (χ2n) is 7.53. The van der Waals surface area contributed by atoms with Gasteiger partial charge in [-0.25, -0.2) is 4.79 Å². The Morgan fingerprint density at radius 2 is 1.90 bits per heavy atom. The van der Waals surface area contributed by atoms with Gasteiger partial charge in [0.15, 0.2) is 0 Å². The van der Waals surface area contributed by atoms with Gasteiger partial charge in [-0.05, 0) is 50.3 Å². The first-order valence-corrected chi connectivity index (χ1v) is 7.38. The van der Waals surface area contributed by atoms with Crippen molar-refractivity contribution in [1.82, 2.24) is 0 Å². The van der Waals surface area contributed by atoms with Gasteiger partial charge < -0.3 is 10.5 Å². The Balaban J connectivity index is 2.09. The number of nitrogens with one attached hydrogen (secondary N) is 1. The summed E-state index contributed by atoms with van der Waals surface area (Å²) in [6.07, 6.45) is -0.429. The lowest BCUT2D eigenvalue weighted by Gasteiger charge is -2.20. The van der Waals surface area contributed by atoms with Crippen molar-refractivity contribution in [2.24, 2.45) is 11.1 Å². The Morgan fingerprint density at radius 3 is 2.33 bits per heavy atom. The van der Waals surface area contributed by atoms with Gasteiger partial charge in [-0.3, -0.25) is 5.32 Å². The summed E-state index contributed by atoms with van der Waals surface area (Å²) in [6.45, 7) is 11.9. The van der Waals surface area contributed by atoms with E-state index in [1.54, 1.807) is 0 Å². The van der Waals surface area contributed by atoms with Gasteiger partial charge in [0.2, 0.25) is 0 Å². The SMILES string of the molecule is Cc1cc([C@H]2[C@H](N)C2(C)C)ccc1NC(=O)OC(C)(C)C. The van der Waals surface area contributed by atoms with Crippen molar-refractivity contribution >= 4 is 11.8 Å². The molecule has 116 valence electrons. The molecule has 0 saturated heterocycles. The fourth-order valence-electron chi connectivity index (χ4n) is 2.75. The highest BCUT2D eigenvalue weighted by molar-refractivity contribution is 5.86. The van der Waals surface area contributed by atoms with Crippen molar-refractivity contribution < 1.29 is 9.53 Å². The highest BCUT2D eigenvalue weighted by atomic mass is 16.6. The summed E-state index contributed by atoms with van der Waals surface area (Å²) < 4.78 is 5.27. The predicted molar refractivity (Wildman–Crippen MR) is 85.5 cm³/mol. The van der Waals surface area contributed by atoms with Gasteiger partial charge in [-0.2, -0.15) is 0 Å². The van der Waals surface area contributed by atoms with Crippen molar-refractivity contribution in [3.63, 3.8) is 0 Å². The van der Waals surface area contributed by atoms with Gasteiger partial charge >= 0.3 is 6.09 Å². The molecule has 1 aliphatic carbocycles. The van der Waals surface area contributed by atoms with Crippen LogP contribution in [0.15, 0.2) is 18.2 Å². The maximum atomic E-state index is 11.8. The molecular weight excluding hydrogens is 264 g/mol. The molecule has 2 rings (SSSR count). The summed E-state index contributed by atoms with van der Waals surface area (Å²) in [7, 11) is 0. The first-order chi connectivity index (χ1) is 9.52. The van der Waals surface area contributed by atoms with E-state index in [0.29, 0.717) is 5.92 Å². The van der Waals surface area contributed by atoms with Crippen LogP contribution in [0, 0.1) is 12.3 Å². The number of amides is 1. The molecule has 0 bridgehead atoms. The van der Waals surface area contributed by atoms with E-state index >= 15 is 0 Å². The van der Waals surface area contributed by atoms with Crippen molar-refractivity contribution in [1.29, 1.82) is 0 Å². The van der Waals surface area contributed by atoms with E-state index in [0.717, 1.165) is 11.3 Å². The highest BCUT2D eigenvalue weighted by Gasteiger charge is 2.56. The van der Waals surface area contributed by atoms with E-state index in [1.807, 2.05) is 39.8 Å². The highest BCUT2D eigenvalue weighted by Crippen LogP contribution is 2.57. The monoisotopic (exact) mass is 290 g/mol. The molecule has 0 radical (unpaired) electrons. The van der Waals surface area contributed by atoms with Gasteiger partial charge in [0.1, 0.15) is 5.60 Å². The molecule has 4 nitrogen and oxygen atoms in total. The zero-order valence-corrected chi connectivity index (χ0v) is 13.8. The van der Waals surface area contributed by atoms with Gasteiger partial charge in [0, 0.05) is 17.6 Å². The predicted octanol–water partition coefficient (Wildman–Crippen LogP) is 3.79. The Bertz CT molecular complexity index is 558. The number of carbonyl (C=O) groups excluding carboxylic acids is 1. The van der Waals surface area contributed by atoms with Gasteiger partial charge in [-0.1, -0.05) is 26.0 Å². The van der Waals surface area contributed by atoms with Crippen LogP contribution in [0.2, 0.25) is 0 Å².